The molecule has 0 spiro atoms. The topological polar surface area (TPSA) is 89.3 Å². The van der Waals surface area contributed by atoms with Crippen molar-refractivity contribution in [2.45, 2.75) is 18.9 Å². The maximum Gasteiger partial charge on any atom is 0.247 e. The first-order chi connectivity index (χ1) is 5.11. The molecule has 1 saturated heterocycles. The summed E-state index contributed by atoms with van der Waals surface area (Å²) in [7, 11) is 0. The van der Waals surface area contributed by atoms with E-state index in [1.165, 1.54) is 0 Å². The molecule has 0 radical (unpaired) electrons. The summed E-state index contributed by atoms with van der Waals surface area (Å²) in [6.07, 6.45) is 0.266. The van der Waals surface area contributed by atoms with E-state index < -0.39 is 11.9 Å². The van der Waals surface area contributed by atoms with Gasteiger partial charge in [-0.25, -0.2) is 0 Å². The highest BCUT2D eigenvalue weighted by Crippen LogP contribution is 2.03. The fourth-order valence-electron chi connectivity index (χ4n) is 0.925. The molecule has 60 valence electrons. The van der Waals surface area contributed by atoms with E-state index in [2.05, 4.69) is 5.32 Å². The second kappa shape index (κ2) is 2.69. The van der Waals surface area contributed by atoms with Gasteiger partial charge in [-0.3, -0.25) is 14.4 Å². The van der Waals surface area contributed by atoms with Gasteiger partial charge in [0.15, 0.2) is 11.8 Å². The Hall–Kier alpha value is -1.39. The van der Waals surface area contributed by atoms with Crippen LogP contribution in [0.5, 0.6) is 0 Å². The van der Waals surface area contributed by atoms with Gasteiger partial charge in [0.25, 0.3) is 0 Å². The zero-order chi connectivity index (χ0) is 8.43. The van der Waals surface area contributed by atoms with Crippen LogP contribution in [-0.2, 0) is 14.4 Å². The number of nitrogens with two attached hydrogens (primary N) is 1. The molecule has 0 bridgehead atoms. The average Bonchev–Trinajstić information content (AvgIpc) is 1.94. The molecule has 1 aliphatic rings. The Kier molecular flexibility index (Phi) is 1.89. The summed E-state index contributed by atoms with van der Waals surface area (Å²) in [5.41, 5.74) is 4.85. The predicted molar refractivity (Wildman–Crippen MR) is 35.4 cm³/mol. The number of ketones is 1. The number of hydrogen-bond acceptors (Lipinski definition) is 3. The second-order valence-corrected chi connectivity index (χ2v) is 2.37. The predicted octanol–water partition coefficient (Wildman–Crippen LogP) is -1.68. The smallest absolute Gasteiger partial charge is 0.247 e. The maximum atomic E-state index is 10.9. The molecule has 0 aromatic heterocycles. The molecular formula is C6H8N2O3. The van der Waals surface area contributed by atoms with E-state index in [1.807, 2.05) is 0 Å². The fraction of sp³-hybridized carbons (Fsp3) is 0.500. The van der Waals surface area contributed by atoms with Gasteiger partial charge in [-0.05, 0) is 0 Å². The molecular weight excluding hydrogens is 148 g/mol. The lowest BCUT2D eigenvalue weighted by Crippen LogP contribution is -2.52. The summed E-state index contributed by atoms with van der Waals surface area (Å²) >= 11 is 0. The van der Waals surface area contributed by atoms with Gasteiger partial charge >= 0.3 is 0 Å². The van der Waals surface area contributed by atoms with Gasteiger partial charge in [-0.1, -0.05) is 0 Å². The minimum absolute atomic E-state index is 0.111. The number of hydrogen-bond donors (Lipinski definition) is 2. The van der Waals surface area contributed by atoms with Crippen LogP contribution in [0.1, 0.15) is 12.8 Å². The first-order valence-corrected chi connectivity index (χ1v) is 3.22. The number of primary amides is 1. The quantitative estimate of drug-likeness (QED) is 0.444. The number of carbonyl (C=O) groups excluding carboxylic acids is 3. The van der Waals surface area contributed by atoms with Crippen molar-refractivity contribution in [3.8, 4) is 0 Å². The minimum atomic E-state index is -1.10. The van der Waals surface area contributed by atoms with E-state index in [-0.39, 0.29) is 24.5 Å². The van der Waals surface area contributed by atoms with Crippen molar-refractivity contribution < 1.29 is 14.4 Å². The van der Waals surface area contributed by atoms with Crippen molar-refractivity contribution in [3.63, 3.8) is 0 Å². The third-order valence-corrected chi connectivity index (χ3v) is 1.51. The molecule has 0 aliphatic carbocycles. The van der Waals surface area contributed by atoms with Crippen LogP contribution in [0.3, 0.4) is 0 Å². The number of piperidine rings is 1. The Morgan fingerprint density at radius 1 is 1.45 bits per heavy atom. The highest BCUT2D eigenvalue weighted by atomic mass is 16.2. The standard InChI is InChI=1S/C6H8N2O3/c7-6(11)5-3(9)1-2-4(10)8-5/h5H,1-2H2,(H2,7,11)(H,8,10)/t5-/m0/s1. The van der Waals surface area contributed by atoms with Crippen LogP contribution in [0.4, 0.5) is 0 Å². The van der Waals surface area contributed by atoms with Gasteiger partial charge in [0.2, 0.25) is 11.8 Å². The SMILES string of the molecule is NC(=O)[C@H]1NC(=O)CCC1=O. The Morgan fingerprint density at radius 2 is 2.09 bits per heavy atom. The molecule has 2 amide bonds. The largest absolute Gasteiger partial charge is 0.367 e. The normalized spacial score (nSPS) is 24.5. The van der Waals surface area contributed by atoms with E-state index in [1.54, 1.807) is 0 Å². The average molecular weight is 156 g/mol. The lowest BCUT2D eigenvalue weighted by Gasteiger charge is -2.18. The van der Waals surface area contributed by atoms with Crippen LogP contribution < -0.4 is 11.1 Å². The molecule has 1 heterocycles. The highest BCUT2D eigenvalue weighted by Gasteiger charge is 2.30. The number of rotatable bonds is 1. The van der Waals surface area contributed by atoms with Crippen molar-refractivity contribution >= 4 is 17.6 Å². The zero-order valence-corrected chi connectivity index (χ0v) is 5.79. The van der Waals surface area contributed by atoms with Crippen molar-refractivity contribution in [2.24, 2.45) is 5.73 Å². The molecule has 3 N–H and O–H groups in total. The summed E-state index contributed by atoms with van der Waals surface area (Å²) in [5.74, 6) is -1.39. The second-order valence-electron chi connectivity index (χ2n) is 2.37. The van der Waals surface area contributed by atoms with E-state index in [9.17, 15) is 14.4 Å². The Bertz CT molecular complexity index is 224. The summed E-state index contributed by atoms with van der Waals surface area (Å²) in [6.45, 7) is 0. The van der Waals surface area contributed by atoms with E-state index in [0.29, 0.717) is 0 Å². The molecule has 5 nitrogen and oxygen atoms in total. The van der Waals surface area contributed by atoms with Crippen LogP contribution in [0, 0.1) is 0 Å². The zero-order valence-electron chi connectivity index (χ0n) is 5.79. The summed E-state index contributed by atoms with van der Waals surface area (Å²) in [5, 5.41) is 2.20. The fourth-order valence-corrected chi connectivity index (χ4v) is 0.925. The lowest BCUT2D eigenvalue weighted by atomic mass is 10.0. The van der Waals surface area contributed by atoms with Gasteiger partial charge in [-0.15, -0.1) is 0 Å². The third kappa shape index (κ3) is 1.54. The first kappa shape index (κ1) is 7.71. The van der Waals surface area contributed by atoms with Gasteiger partial charge in [0.1, 0.15) is 0 Å². The molecule has 0 aromatic rings. The molecule has 11 heavy (non-hydrogen) atoms. The van der Waals surface area contributed by atoms with Gasteiger partial charge in [-0.2, -0.15) is 0 Å². The summed E-state index contributed by atoms with van der Waals surface area (Å²) in [6, 6.07) is -1.10. The van der Waals surface area contributed by atoms with E-state index in [0.717, 1.165) is 0 Å². The molecule has 0 unspecified atom stereocenters. The number of carbonyl (C=O) groups is 3. The number of amides is 2. The van der Waals surface area contributed by atoms with Crippen molar-refractivity contribution in [3.05, 3.63) is 0 Å². The van der Waals surface area contributed by atoms with Crippen LogP contribution >= 0.6 is 0 Å². The van der Waals surface area contributed by atoms with Crippen LogP contribution in [0.15, 0.2) is 0 Å². The molecule has 5 heteroatoms. The van der Waals surface area contributed by atoms with Gasteiger partial charge in [0, 0.05) is 12.8 Å². The van der Waals surface area contributed by atoms with Gasteiger partial charge < -0.3 is 11.1 Å². The molecule has 0 aromatic carbocycles. The van der Waals surface area contributed by atoms with Crippen LogP contribution in [0.25, 0.3) is 0 Å². The van der Waals surface area contributed by atoms with Crippen molar-refractivity contribution in [1.29, 1.82) is 0 Å². The molecule has 1 atom stereocenters. The molecule has 0 saturated carbocycles. The van der Waals surface area contributed by atoms with Crippen molar-refractivity contribution in [2.75, 3.05) is 0 Å². The maximum absolute atomic E-state index is 10.9. The van der Waals surface area contributed by atoms with E-state index >= 15 is 0 Å². The van der Waals surface area contributed by atoms with Crippen LogP contribution in [-0.4, -0.2) is 23.6 Å². The molecule has 1 aliphatic heterocycles. The molecule has 1 fully saturated rings. The molecule has 1 rings (SSSR count). The van der Waals surface area contributed by atoms with Crippen LogP contribution in [0.2, 0.25) is 0 Å². The highest BCUT2D eigenvalue weighted by molar-refractivity contribution is 6.10. The van der Waals surface area contributed by atoms with Gasteiger partial charge in [0.05, 0.1) is 0 Å². The number of nitrogens with one attached hydrogen (secondary N) is 1. The monoisotopic (exact) mass is 156 g/mol. The Morgan fingerprint density at radius 3 is 2.55 bits per heavy atom. The third-order valence-electron chi connectivity index (χ3n) is 1.51. The Labute approximate surface area is 62.9 Å². The van der Waals surface area contributed by atoms with E-state index in [4.69, 9.17) is 5.73 Å². The first-order valence-electron chi connectivity index (χ1n) is 3.22. The minimum Gasteiger partial charge on any atom is -0.367 e. The Balaban J connectivity index is 2.69. The number of Topliss-reactive ketones (excluding diaryl/α,β-unsaturated/α-hetero) is 1. The summed E-state index contributed by atoms with van der Waals surface area (Å²) in [4.78, 5) is 32.0. The summed E-state index contributed by atoms with van der Waals surface area (Å²) < 4.78 is 0. The lowest BCUT2D eigenvalue weighted by molar-refractivity contribution is -0.138. The van der Waals surface area contributed by atoms with Crippen molar-refractivity contribution in [1.82, 2.24) is 5.32 Å².